The van der Waals surface area contributed by atoms with Gasteiger partial charge in [0.25, 0.3) is 11.8 Å². The van der Waals surface area contributed by atoms with Crippen LogP contribution in [-0.4, -0.2) is 117 Å². The average Bonchev–Trinajstić information content (AvgIpc) is 1.69. The van der Waals surface area contributed by atoms with E-state index in [4.69, 9.17) is 38.2 Å². The molecule has 2 amide bonds. The minimum atomic E-state index is -0.330. The highest BCUT2D eigenvalue weighted by Crippen LogP contribution is 2.36. The second-order valence-electron chi connectivity index (χ2n) is 28.9. The van der Waals surface area contributed by atoms with Gasteiger partial charge in [-0.25, -0.2) is 34.5 Å². The van der Waals surface area contributed by atoms with Crippen LogP contribution in [0.4, 0.5) is 0 Å². The number of hydroxylamine groups is 1. The number of ether oxygens (including phenoxy) is 2. The Kier molecular flexibility index (Phi) is 60.7. The molecule has 0 saturated carbocycles. The number of allylic oxidation sites excluding steroid dienone is 2. The summed E-state index contributed by atoms with van der Waals surface area (Å²) in [6, 6.07) is 28.9. The van der Waals surface area contributed by atoms with Crippen LogP contribution >= 0.6 is 36.1 Å². The van der Waals surface area contributed by atoms with Gasteiger partial charge >= 0.3 is 0 Å². The molecule has 0 fully saturated rings. The zero-order valence-corrected chi connectivity index (χ0v) is 80.0. The van der Waals surface area contributed by atoms with Crippen molar-refractivity contribution in [2.75, 3.05) is 85.2 Å². The van der Waals surface area contributed by atoms with Crippen molar-refractivity contribution in [1.29, 1.82) is 0 Å². The maximum atomic E-state index is 11.4. The maximum Gasteiger partial charge on any atom is 0.253 e. The van der Waals surface area contributed by atoms with Gasteiger partial charge in [-0.15, -0.1) is 0 Å². The quantitative estimate of drug-likeness (QED) is 0.00301. The third kappa shape index (κ3) is 46.5. The molecule has 10 rings (SSSR count). The number of nitrogens with one attached hydrogen (secondary N) is 5. The molecule has 0 unspecified atom stereocenters. The molecule has 7 heterocycles. The number of benzene rings is 3. The first kappa shape index (κ1) is 112. The minimum absolute atomic E-state index is 0.212. The number of quaternary nitrogens is 3. The number of nitrogens with zero attached hydrogens (tertiary/aromatic N) is 7. The normalized spacial score (nSPS) is 11.2. The molecular formula is C93H140N13O18S3+3. The van der Waals surface area contributed by atoms with Gasteiger partial charge < -0.3 is 62.9 Å². The molecule has 0 radical (unpaired) electrons. The van der Waals surface area contributed by atoms with Crippen molar-refractivity contribution >= 4 is 47.9 Å². The molecule has 700 valence electrons. The predicted octanol–water partition coefficient (Wildman–Crippen LogP) is 11.5. The van der Waals surface area contributed by atoms with Crippen LogP contribution in [0.2, 0.25) is 0 Å². The zero-order chi connectivity index (χ0) is 93.4. The Labute approximate surface area is 765 Å². The Morgan fingerprint density at radius 3 is 1.28 bits per heavy atom. The van der Waals surface area contributed by atoms with Crippen molar-refractivity contribution in [3.8, 4) is 57.1 Å². The first-order valence-corrected chi connectivity index (χ1v) is 45.9. The fourth-order valence-corrected chi connectivity index (χ4v) is 13.2. The third-order valence-electron chi connectivity index (χ3n) is 19.6. The van der Waals surface area contributed by atoms with Gasteiger partial charge in [-0.2, -0.15) is 18.5 Å². The number of carbonyl (C=O) groups is 2. The van der Waals surface area contributed by atoms with E-state index in [1.165, 1.54) is 109 Å². The summed E-state index contributed by atoms with van der Waals surface area (Å²) < 4.78 is 48.0. The SMILES string of the molecule is C=C(CCCOc1ccc(-c2cnc(C)o2)cc1SOO[O-])ONN.C=C(CCCOc1ccc(C)cc1SOO[O-])ONCCN1C(=O)C=CC1=O.CCCC[n+]1ccc(-c2ncc(-c3ccc(C)c(SOO[O-])c3)o2)cc1.CCCC[n+]1ccc(-c2ncc(C)o2)cc1.CCCC[n+]1ccc(C)cc1.CC[NH+](CC)CC.CC[NH+](CC)CC.CC[NH+](CC)CC. The lowest BCUT2D eigenvalue weighted by Crippen LogP contribution is -3.11. The van der Waals surface area contributed by atoms with Crippen LogP contribution in [-0.2, 0) is 67.0 Å². The Balaban J connectivity index is 0.000000394. The fraction of sp³-hybridized carbons (Fsp3) is 0.462. The highest BCUT2D eigenvalue weighted by molar-refractivity contribution is 7.95. The Bertz CT molecular complexity index is 4390. The van der Waals surface area contributed by atoms with Crippen LogP contribution < -0.4 is 70.6 Å². The second kappa shape index (κ2) is 68.8. The number of aromatic nitrogens is 6. The number of carbonyl (C=O) groups excluding carboxylic acids is 2. The van der Waals surface area contributed by atoms with E-state index in [1.54, 1.807) is 58.4 Å². The summed E-state index contributed by atoms with van der Waals surface area (Å²) in [5.41, 5.74) is 11.6. The van der Waals surface area contributed by atoms with E-state index in [0.29, 0.717) is 107 Å². The van der Waals surface area contributed by atoms with Gasteiger partial charge in [-0.1, -0.05) is 77.0 Å². The minimum Gasteiger partial charge on any atom is -0.691 e. The molecule has 0 spiro atoms. The molecule has 31 nitrogen and oxygen atoms in total. The monoisotopic (exact) mass is 1820 g/mol. The van der Waals surface area contributed by atoms with Crippen molar-refractivity contribution in [2.24, 2.45) is 5.84 Å². The number of oxazole rings is 3. The van der Waals surface area contributed by atoms with Crippen LogP contribution in [0.3, 0.4) is 0 Å². The van der Waals surface area contributed by atoms with Crippen LogP contribution in [0, 0.1) is 34.6 Å². The van der Waals surface area contributed by atoms with E-state index in [2.05, 4.69) is 208 Å². The standard InChI is InChI=1S/C19H20N2O4S.C18H22N2O7S.C15H19N3O6S.C13H17N2O.C10H16N.3C6H15N/c1-3-4-9-21-10-7-15(8-11-21)19-20-13-17(23-19)16-6-5-14(2)18(12-16)26-25-24-22;1-13-5-6-15(16(12-13)28-27-26-23)24-11-3-4-14(2)25-19-9-10-20-17(21)7-8-18(20)22;1-10(22-18-16)4-3-7-20-13-6-5-12(8-15(13)25-24-23-19)14-9-17-11(2)21-14;1-3-4-7-15-8-5-12(6-9-15)13-14-10-11(2)16-13;1-3-4-7-11-8-5-10(2)6-9-11;3*1-4-7(5-2)6-3/h5-8,10-13H,3-4,9H2,1-2H3;5-8,12,19,23H,2-4,9-11H2,1H3;5-6,8-9,18-19H,1,3-4,7,16H2,2H3;5-6,8-10H,3-4,7H2,1-2H3;5-6,8-9H,3-4,7H2,1-2H3;3*4-6H2,1-3H3/q;;;2*+1;;;/p+1. The summed E-state index contributed by atoms with van der Waals surface area (Å²) in [5.74, 6) is 10.4. The molecule has 34 heteroatoms. The first-order valence-electron chi connectivity index (χ1n) is 43.7. The zero-order valence-electron chi connectivity index (χ0n) is 77.6. The molecule has 0 bridgehead atoms. The van der Waals surface area contributed by atoms with Gasteiger partial charge in [0.2, 0.25) is 11.8 Å². The summed E-state index contributed by atoms with van der Waals surface area (Å²) in [7, 11) is 0. The topological polar surface area (TPSA) is 352 Å². The lowest BCUT2D eigenvalue weighted by atomic mass is 10.1. The summed E-state index contributed by atoms with van der Waals surface area (Å²) >= 11 is 2.39. The van der Waals surface area contributed by atoms with E-state index < -0.39 is 0 Å². The van der Waals surface area contributed by atoms with Gasteiger partial charge in [0, 0.05) is 128 Å². The van der Waals surface area contributed by atoms with Crippen LogP contribution in [0.25, 0.3) is 45.6 Å². The number of aryl methyl sites for hydroxylation is 8. The van der Waals surface area contributed by atoms with E-state index in [9.17, 15) is 25.4 Å². The van der Waals surface area contributed by atoms with E-state index >= 15 is 0 Å². The highest BCUT2D eigenvalue weighted by Gasteiger charge is 2.23. The van der Waals surface area contributed by atoms with Crippen molar-refractivity contribution in [2.45, 2.75) is 216 Å². The molecule has 0 aliphatic carbocycles. The number of amides is 2. The van der Waals surface area contributed by atoms with Crippen molar-refractivity contribution in [3.63, 3.8) is 0 Å². The maximum absolute atomic E-state index is 11.4. The van der Waals surface area contributed by atoms with Crippen molar-refractivity contribution < 1.29 is 114 Å². The van der Waals surface area contributed by atoms with E-state index in [1.807, 2.05) is 93.8 Å². The van der Waals surface area contributed by atoms with Gasteiger partial charge in [0.05, 0.1) is 137 Å². The number of unbranched alkanes of at least 4 members (excludes halogenated alkanes) is 3. The second-order valence-corrected chi connectivity index (χ2v) is 31.1. The van der Waals surface area contributed by atoms with Crippen molar-refractivity contribution in [3.05, 3.63) is 212 Å². The number of hydrogen-bond donors (Lipinski definition) is 6. The summed E-state index contributed by atoms with van der Waals surface area (Å²) in [6.07, 6.45) is 29.7. The molecule has 9 aromatic rings. The van der Waals surface area contributed by atoms with Gasteiger partial charge in [0.1, 0.15) is 48.4 Å². The summed E-state index contributed by atoms with van der Waals surface area (Å²) in [4.78, 5) is 53.6. The number of rotatable bonds is 48. The summed E-state index contributed by atoms with van der Waals surface area (Å²) in [6.45, 7) is 59.7. The number of pyridine rings is 3. The lowest BCUT2D eigenvalue weighted by Gasteiger charge is -2.15. The molecule has 7 N–H and O–H groups in total. The lowest BCUT2D eigenvalue weighted by molar-refractivity contribution is -0.894. The molecule has 127 heavy (non-hydrogen) atoms. The molecule has 0 saturated heterocycles. The van der Waals surface area contributed by atoms with Crippen LogP contribution in [0.1, 0.15) is 176 Å². The highest BCUT2D eigenvalue weighted by atomic mass is 32.2. The first-order chi connectivity index (χ1) is 61.5. The number of hydrogen-bond acceptors (Lipinski definition) is 27. The van der Waals surface area contributed by atoms with Crippen LogP contribution in [0.15, 0.2) is 212 Å². The third-order valence-corrected chi connectivity index (χ3v) is 21.6. The average molecular weight is 1820 g/mol. The molecule has 3 aromatic carbocycles. The fourth-order valence-electron chi connectivity index (χ4n) is 11.7. The molecule has 1 aliphatic heterocycles. The smallest absolute Gasteiger partial charge is 0.253 e. The number of hydrazine groups is 1. The summed E-state index contributed by atoms with van der Waals surface area (Å²) in [5, 5.41) is 40.3. The van der Waals surface area contributed by atoms with Crippen LogP contribution in [0.5, 0.6) is 11.5 Å². The molecule has 1 aliphatic rings. The van der Waals surface area contributed by atoms with Gasteiger partial charge in [0.15, 0.2) is 54.6 Å². The van der Waals surface area contributed by atoms with Gasteiger partial charge in [-0.05, 0) is 156 Å². The van der Waals surface area contributed by atoms with Crippen molar-refractivity contribution in [1.82, 2.24) is 30.9 Å². The molecule has 0 atom stereocenters. The predicted molar refractivity (Wildman–Crippen MR) is 486 cm³/mol. The van der Waals surface area contributed by atoms with Gasteiger partial charge in [-0.3, -0.25) is 29.6 Å². The number of nitrogens with two attached hydrogens (primary N) is 1. The largest absolute Gasteiger partial charge is 0.691 e. The Hall–Kier alpha value is -9.25. The Morgan fingerprint density at radius 1 is 0.465 bits per heavy atom. The van der Waals surface area contributed by atoms with E-state index in [-0.39, 0.29) is 18.4 Å². The molecule has 6 aromatic heterocycles. The van der Waals surface area contributed by atoms with E-state index in [0.717, 1.165) is 111 Å². The molecular weight excluding hydrogens is 1680 g/mol. The number of imide groups is 1. The Morgan fingerprint density at radius 2 is 0.866 bits per heavy atom.